The Morgan fingerprint density at radius 3 is 2.39 bits per heavy atom. The van der Waals surface area contributed by atoms with Gasteiger partial charge in [0.15, 0.2) is 21.3 Å². The number of aryl methyl sites for hydroxylation is 2. The van der Waals surface area contributed by atoms with Crippen LogP contribution < -0.4 is 14.8 Å². The molecule has 0 saturated carbocycles. The Morgan fingerprint density at radius 1 is 1.06 bits per heavy atom. The molecule has 2 aliphatic rings. The largest absolute Gasteiger partial charge is 0.493 e. The van der Waals surface area contributed by atoms with E-state index in [-0.39, 0.29) is 5.92 Å². The van der Waals surface area contributed by atoms with Gasteiger partial charge in [-0.25, -0.2) is 8.42 Å². The summed E-state index contributed by atoms with van der Waals surface area (Å²) in [5, 5.41) is 3.40. The predicted octanol–water partition coefficient (Wildman–Crippen LogP) is 4.13. The average Bonchev–Trinajstić information content (AvgIpc) is 2.81. The number of nitrogens with one attached hydrogen (secondary N) is 1. The molecule has 2 heterocycles. The smallest absolute Gasteiger partial charge is 0.195 e. The van der Waals surface area contributed by atoms with Crippen LogP contribution in [0.1, 0.15) is 35.1 Å². The van der Waals surface area contributed by atoms with Gasteiger partial charge in [-0.2, -0.15) is 0 Å². The lowest BCUT2D eigenvalue weighted by Gasteiger charge is -2.41. The number of halogens is 1. The second-order valence-corrected chi connectivity index (χ2v) is 11.5. The van der Waals surface area contributed by atoms with E-state index in [1.807, 2.05) is 26.0 Å². The molecule has 2 unspecified atom stereocenters. The van der Waals surface area contributed by atoms with E-state index in [2.05, 4.69) is 10.2 Å². The molecular formula is C25H33ClN2O4S. The van der Waals surface area contributed by atoms with Crippen molar-refractivity contribution in [2.45, 2.75) is 49.9 Å². The quantitative estimate of drug-likeness (QED) is 0.654. The molecule has 0 aromatic heterocycles. The molecule has 0 bridgehead atoms. The van der Waals surface area contributed by atoms with E-state index in [0.29, 0.717) is 46.6 Å². The van der Waals surface area contributed by atoms with E-state index in [0.717, 1.165) is 36.9 Å². The SMILES string of the molecule is COc1cc2c(cc1OC)CN(C(C1CCCNC1)S(=O)(=O)c1cc(C)c(Cl)cc1C)CC2. The number of rotatable bonds is 6. The van der Waals surface area contributed by atoms with Gasteiger partial charge < -0.3 is 14.8 Å². The van der Waals surface area contributed by atoms with Crippen LogP contribution in [0.3, 0.4) is 0 Å². The fourth-order valence-corrected chi connectivity index (χ4v) is 7.82. The van der Waals surface area contributed by atoms with Crippen molar-refractivity contribution in [3.05, 3.63) is 51.5 Å². The summed E-state index contributed by atoms with van der Waals surface area (Å²) in [5.41, 5.74) is 3.75. The van der Waals surface area contributed by atoms with Gasteiger partial charge in [-0.05, 0) is 86.2 Å². The molecule has 0 radical (unpaired) electrons. The molecule has 180 valence electrons. The Labute approximate surface area is 202 Å². The maximum absolute atomic E-state index is 14.2. The van der Waals surface area contributed by atoms with Crippen molar-refractivity contribution in [1.29, 1.82) is 0 Å². The monoisotopic (exact) mass is 492 g/mol. The normalized spacial score (nSPS) is 20.2. The van der Waals surface area contributed by atoms with E-state index in [4.69, 9.17) is 21.1 Å². The lowest BCUT2D eigenvalue weighted by atomic mass is 9.95. The predicted molar refractivity (Wildman–Crippen MR) is 131 cm³/mol. The van der Waals surface area contributed by atoms with Crippen LogP contribution in [0.5, 0.6) is 11.5 Å². The number of methoxy groups -OCH3 is 2. The first kappa shape index (κ1) is 24.3. The van der Waals surface area contributed by atoms with E-state index in [9.17, 15) is 8.42 Å². The number of benzene rings is 2. The van der Waals surface area contributed by atoms with Gasteiger partial charge in [-0.3, -0.25) is 4.90 Å². The molecule has 1 fully saturated rings. The maximum atomic E-state index is 14.2. The number of hydrogen-bond acceptors (Lipinski definition) is 6. The number of ether oxygens (including phenoxy) is 2. The number of hydrogen-bond donors (Lipinski definition) is 1. The van der Waals surface area contributed by atoms with Crippen LogP contribution in [-0.2, 0) is 22.8 Å². The third-order valence-corrected chi connectivity index (χ3v) is 9.71. The molecular weight excluding hydrogens is 460 g/mol. The van der Waals surface area contributed by atoms with Gasteiger partial charge in [0.2, 0.25) is 0 Å². The zero-order valence-electron chi connectivity index (χ0n) is 19.8. The standard InChI is InChI=1S/C25H33ClN2O4S/c1-16-11-24(17(2)10-21(16)26)33(29,30)25(19-6-5-8-27-14-19)28-9-7-18-12-22(31-3)23(32-4)13-20(18)15-28/h10-13,19,25,27H,5-9,14-15H2,1-4H3. The summed E-state index contributed by atoms with van der Waals surface area (Å²) in [6, 6.07) is 7.51. The van der Waals surface area contributed by atoms with Gasteiger partial charge in [-0.15, -0.1) is 0 Å². The first-order valence-electron chi connectivity index (χ1n) is 11.5. The summed E-state index contributed by atoms with van der Waals surface area (Å²) in [7, 11) is -0.374. The fraction of sp³-hybridized carbons (Fsp3) is 0.520. The first-order valence-corrected chi connectivity index (χ1v) is 13.4. The Kier molecular flexibility index (Phi) is 7.24. The summed E-state index contributed by atoms with van der Waals surface area (Å²) in [4.78, 5) is 2.53. The van der Waals surface area contributed by atoms with E-state index < -0.39 is 15.2 Å². The summed E-state index contributed by atoms with van der Waals surface area (Å²) in [5.74, 6) is 1.39. The molecule has 8 heteroatoms. The maximum Gasteiger partial charge on any atom is 0.195 e. The second kappa shape index (κ2) is 9.82. The van der Waals surface area contributed by atoms with Crippen LogP contribution in [0.2, 0.25) is 5.02 Å². The number of nitrogens with zero attached hydrogens (tertiary/aromatic N) is 1. The van der Waals surface area contributed by atoms with Crippen molar-refractivity contribution in [1.82, 2.24) is 10.2 Å². The van der Waals surface area contributed by atoms with Crippen molar-refractivity contribution in [3.8, 4) is 11.5 Å². The van der Waals surface area contributed by atoms with Gasteiger partial charge in [0.1, 0.15) is 5.37 Å². The summed E-state index contributed by atoms with van der Waals surface area (Å²) in [6.45, 7) is 6.55. The second-order valence-electron chi connectivity index (χ2n) is 9.11. The van der Waals surface area contributed by atoms with Crippen LogP contribution >= 0.6 is 11.6 Å². The highest BCUT2D eigenvalue weighted by Gasteiger charge is 2.41. The van der Waals surface area contributed by atoms with Gasteiger partial charge >= 0.3 is 0 Å². The lowest BCUT2D eigenvalue weighted by Crippen LogP contribution is -2.52. The van der Waals surface area contributed by atoms with Gasteiger partial charge in [0, 0.05) is 30.6 Å². The Morgan fingerprint density at radius 2 is 1.76 bits per heavy atom. The van der Waals surface area contributed by atoms with Crippen LogP contribution in [0.4, 0.5) is 0 Å². The lowest BCUT2D eigenvalue weighted by molar-refractivity contribution is 0.161. The zero-order valence-corrected chi connectivity index (χ0v) is 21.4. The highest BCUT2D eigenvalue weighted by molar-refractivity contribution is 7.92. The molecule has 2 aromatic carbocycles. The molecule has 0 aliphatic carbocycles. The Hall–Kier alpha value is -1.80. The van der Waals surface area contributed by atoms with Crippen molar-refractivity contribution >= 4 is 21.4 Å². The number of sulfone groups is 1. The van der Waals surface area contributed by atoms with Gasteiger partial charge in [-0.1, -0.05) is 11.6 Å². The molecule has 2 atom stereocenters. The molecule has 4 rings (SSSR count). The zero-order chi connectivity index (χ0) is 23.8. The molecule has 0 amide bonds. The molecule has 33 heavy (non-hydrogen) atoms. The van der Waals surface area contributed by atoms with Crippen LogP contribution in [0, 0.1) is 19.8 Å². The van der Waals surface area contributed by atoms with E-state index in [1.165, 1.54) is 5.56 Å². The minimum absolute atomic E-state index is 0.0147. The van der Waals surface area contributed by atoms with Gasteiger partial charge in [0.25, 0.3) is 0 Å². The van der Waals surface area contributed by atoms with E-state index in [1.54, 1.807) is 26.4 Å². The first-order chi connectivity index (χ1) is 15.8. The Bertz CT molecular complexity index is 1130. The van der Waals surface area contributed by atoms with Crippen LogP contribution in [0.15, 0.2) is 29.2 Å². The summed E-state index contributed by atoms with van der Waals surface area (Å²) >= 11 is 6.29. The van der Waals surface area contributed by atoms with Gasteiger partial charge in [0.05, 0.1) is 19.1 Å². The van der Waals surface area contributed by atoms with Crippen LogP contribution in [-0.4, -0.2) is 52.5 Å². The van der Waals surface area contributed by atoms with Crippen molar-refractivity contribution in [2.75, 3.05) is 33.9 Å². The summed E-state index contributed by atoms with van der Waals surface area (Å²) in [6.07, 6.45) is 2.63. The third-order valence-electron chi connectivity index (χ3n) is 6.93. The topological polar surface area (TPSA) is 67.9 Å². The minimum Gasteiger partial charge on any atom is -0.493 e. The van der Waals surface area contributed by atoms with E-state index >= 15 is 0 Å². The summed E-state index contributed by atoms with van der Waals surface area (Å²) < 4.78 is 39.4. The molecule has 2 aromatic rings. The van der Waals surface area contributed by atoms with Crippen LogP contribution in [0.25, 0.3) is 0 Å². The molecule has 1 N–H and O–H groups in total. The minimum atomic E-state index is -3.63. The molecule has 2 aliphatic heterocycles. The molecule has 1 saturated heterocycles. The average molecular weight is 493 g/mol. The third kappa shape index (κ3) is 4.74. The highest BCUT2D eigenvalue weighted by atomic mass is 35.5. The number of fused-ring (bicyclic) bond motifs is 1. The van der Waals surface area contributed by atoms with Crippen molar-refractivity contribution < 1.29 is 17.9 Å². The highest BCUT2D eigenvalue weighted by Crippen LogP contribution is 2.38. The van der Waals surface area contributed by atoms with Crippen molar-refractivity contribution in [2.24, 2.45) is 5.92 Å². The van der Waals surface area contributed by atoms with Crippen molar-refractivity contribution in [3.63, 3.8) is 0 Å². The Balaban J connectivity index is 1.75. The fourth-order valence-electron chi connectivity index (χ4n) is 5.18. The molecule has 0 spiro atoms. The molecule has 6 nitrogen and oxygen atoms in total. The number of piperidine rings is 1.